The number of rotatable bonds is 6. The highest BCUT2D eigenvalue weighted by Crippen LogP contribution is 2.50. The lowest BCUT2D eigenvalue weighted by molar-refractivity contribution is -0.130. The lowest BCUT2D eigenvalue weighted by Gasteiger charge is -2.49. The Morgan fingerprint density at radius 2 is 1.15 bits per heavy atom. The Kier molecular flexibility index (Phi) is 7.28. The lowest BCUT2D eigenvalue weighted by atomic mass is 9.86. The number of hydrogen-bond acceptors (Lipinski definition) is 6. The minimum atomic E-state index is -1.26. The van der Waals surface area contributed by atoms with Crippen molar-refractivity contribution >= 4 is 81.4 Å². The summed E-state index contributed by atoms with van der Waals surface area (Å²) >= 11 is 31.3. The molecule has 0 radical (unpaired) electrons. The van der Waals surface area contributed by atoms with Gasteiger partial charge in [-0.25, -0.2) is 0 Å². The number of methoxy groups -OCH3 is 3. The topological polar surface area (TPSA) is 85.4 Å². The summed E-state index contributed by atoms with van der Waals surface area (Å²) in [5.41, 5.74) is 0.534. The standard InChI is InChI=1S/C26H17Cl5N2O6/c1-37-13-7-5-11(9-12(13)27)32-22(10-4-6-14(38-2)15(8-10)39-3)23(26(32)36)33-24(34)16-17(25(33)35)19(29)21(31)20(30)18(16)28/h4-9,22-23H,1-3H3. The van der Waals surface area contributed by atoms with Gasteiger partial charge in [0.15, 0.2) is 11.5 Å². The van der Waals surface area contributed by atoms with Crippen molar-refractivity contribution in [2.24, 2.45) is 0 Å². The molecule has 2 atom stereocenters. The van der Waals surface area contributed by atoms with Crippen molar-refractivity contribution in [3.8, 4) is 17.2 Å². The third-order valence-corrected chi connectivity index (χ3v) is 8.74. The molecule has 0 aromatic heterocycles. The number of hydrogen-bond donors (Lipinski definition) is 0. The molecule has 5 rings (SSSR count). The number of benzene rings is 3. The van der Waals surface area contributed by atoms with Gasteiger partial charge in [-0.1, -0.05) is 64.1 Å². The molecule has 2 unspecified atom stereocenters. The van der Waals surface area contributed by atoms with E-state index < -0.39 is 29.8 Å². The molecule has 3 aromatic rings. The number of imide groups is 1. The third kappa shape index (κ3) is 4.08. The Bertz CT molecular complexity index is 1530. The minimum absolute atomic E-state index is 0.170. The molecule has 1 saturated heterocycles. The zero-order chi connectivity index (χ0) is 28.3. The normalized spacial score (nSPS) is 18.3. The maximum absolute atomic E-state index is 13.8. The molecule has 3 amide bonds. The number of nitrogens with zero attached hydrogens (tertiary/aromatic N) is 2. The Morgan fingerprint density at radius 3 is 1.67 bits per heavy atom. The van der Waals surface area contributed by atoms with Gasteiger partial charge in [-0.2, -0.15) is 0 Å². The van der Waals surface area contributed by atoms with Gasteiger partial charge in [-0.15, -0.1) is 0 Å². The molecular weight excluding hydrogens is 614 g/mol. The molecule has 202 valence electrons. The second kappa shape index (κ2) is 10.3. The predicted molar refractivity (Wildman–Crippen MR) is 149 cm³/mol. The molecule has 3 aromatic carbocycles. The first-order valence-electron chi connectivity index (χ1n) is 11.2. The van der Waals surface area contributed by atoms with Gasteiger partial charge in [-0.05, 0) is 35.9 Å². The van der Waals surface area contributed by atoms with Crippen LogP contribution in [0.1, 0.15) is 32.3 Å². The van der Waals surface area contributed by atoms with E-state index in [1.54, 1.807) is 36.4 Å². The number of β-lactam (4-membered cyclic amide) rings is 1. The van der Waals surface area contributed by atoms with Crippen LogP contribution in [0.5, 0.6) is 17.2 Å². The van der Waals surface area contributed by atoms with E-state index in [4.69, 9.17) is 72.2 Å². The van der Waals surface area contributed by atoms with Gasteiger partial charge < -0.3 is 19.1 Å². The monoisotopic (exact) mass is 628 g/mol. The largest absolute Gasteiger partial charge is 0.495 e. The molecule has 0 aliphatic carbocycles. The van der Waals surface area contributed by atoms with E-state index in [-0.39, 0.29) is 36.2 Å². The van der Waals surface area contributed by atoms with Gasteiger partial charge in [0.2, 0.25) is 0 Å². The van der Waals surface area contributed by atoms with E-state index >= 15 is 0 Å². The summed E-state index contributed by atoms with van der Waals surface area (Å²) in [5.74, 6) is -0.951. The first-order chi connectivity index (χ1) is 18.6. The van der Waals surface area contributed by atoms with Crippen molar-refractivity contribution in [1.82, 2.24) is 4.90 Å². The van der Waals surface area contributed by atoms with Crippen molar-refractivity contribution in [3.05, 3.63) is 78.2 Å². The molecule has 39 heavy (non-hydrogen) atoms. The van der Waals surface area contributed by atoms with Crippen LogP contribution >= 0.6 is 58.0 Å². The van der Waals surface area contributed by atoms with E-state index in [0.717, 1.165) is 4.90 Å². The molecule has 0 saturated carbocycles. The molecular formula is C26H17Cl5N2O6. The van der Waals surface area contributed by atoms with Crippen LogP contribution in [0.15, 0.2) is 36.4 Å². The van der Waals surface area contributed by atoms with Crippen molar-refractivity contribution in [2.75, 3.05) is 26.2 Å². The minimum Gasteiger partial charge on any atom is -0.495 e. The third-order valence-electron chi connectivity index (χ3n) is 6.64. The van der Waals surface area contributed by atoms with Crippen LogP contribution in [0.3, 0.4) is 0 Å². The summed E-state index contributed by atoms with van der Waals surface area (Å²) < 4.78 is 16.0. The quantitative estimate of drug-likeness (QED) is 0.130. The number of halogens is 5. The summed E-state index contributed by atoms with van der Waals surface area (Å²) in [5, 5.41) is -0.530. The predicted octanol–water partition coefficient (Wildman–Crippen LogP) is 6.73. The van der Waals surface area contributed by atoms with Gasteiger partial charge in [0.05, 0.1) is 63.6 Å². The first-order valence-corrected chi connectivity index (χ1v) is 13.1. The van der Waals surface area contributed by atoms with Gasteiger partial charge >= 0.3 is 0 Å². The Morgan fingerprint density at radius 1 is 0.615 bits per heavy atom. The van der Waals surface area contributed by atoms with Gasteiger partial charge in [0, 0.05) is 5.69 Å². The highest BCUT2D eigenvalue weighted by atomic mass is 35.5. The fourth-order valence-corrected chi connectivity index (χ4v) is 6.07. The molecule has 2 heterocycles. The van der Waals surface area contributed by atoms with E-state index in [2.05, 4.69) is 0 Å². The molecule has 0 bridgehead atoms. The van der Waals surface area contributed by atoms with Crippen molar-refractivity contribution < 1.29 is 28.6 Å². The van der Waals surface area contributed by atoms with Crippen LogP contribution in [-0.4, -0.2) is 50.0 Å². The Hall–Kier alpha value is -2.88. The van der Waals surface area contributed by atoms with Gasteiger partial charge in [0.1, 0.15) is 11.8 Å². The summed E-state index contributed by atoms with van der Waals surface area (Å²) in [7, 11) is 4.42. The number of carbonyl (C=O) groups excluding carboxylic acids is 3. The molecule has 1 fully saturated rings. The molecule has 0 spiro atoms. The zero-order valence-electron chi connectivity index (χ0n) is 20.4. The zero-order valence-corrected chi connectivity index (χ0v) is 24.1. The SMILES string of the molecule is COc1ccc(N2C(=O)C(N3C(=O)c4c(Cl)c(Cl)c(Cl)c(Cl)c4C3=O)C2c2ccc(OC)c(OC)c2)cc1Cl. The lowest BCUT2D eigenvalue weighted by Crippen LogP contribution is -2.67. The first kappa shape index (κ1) is 27.7. The molecule has 0 N–H and O–H groups in total. The van der Waals surface area contributed by atoms with Gasteiger partial charge in [-0.3, -0.25) is 19.3 Å². The number of fused-ring (bicyclic) bond motifs is 1. The van der Waals surface area contributed by atoms with E-state index in [1.807, 2.05) is 0 Å². The van der Waals surface area contributed by atoms with Crippen LogP contribution in [0.4, 0.5) is 5.69 Å². The summed E-state index contributed by atoms with van der Waals surface area (Å²) in [6.07, 6.45) is 0. The van der Waals surface area contributed by atoms with Crippen LogP contribution in [0.2, 0.25) is 25.1 Å². The van der Waals surface area contributed by atoms with Crippen molar-refractivity contribution in [1.29, 1.82) is 0 Å². The average Bonchev–Trinajstić information content (AvgIpc) is 3.18. The molecule has 8 nitrogen and oxygen atoms in total. The summed E-state index contributed by atoms with van der Waals surface area (Å²) in [4.78, 5) is 43.2. The van der Waals surface area contributed by atoms with Crippen molar-refractivity contribution in [2.45, 2.75) is 12.1 Å². The number of carbonyl (C=O) groups is 3. The molecule has 13 heteroatoms. The van der Waals surface area contributed by atoms with E-state index in [0.29, 0.717) is 28.5 Å². The number of amides is 3. The maximum atomic E-state index is 13.8. The number of ether oxygens (including phenoxy) is 3. The van der Waals surface area contributed by atoms with Crippen LogP contribution in [0.25, 0.3) is 0 Å². The number of anilines is 1. The van der Waals surface area contributed by atoms with Gasteiger partial charge in [0.25, 0.3) is 17.7 Å². The summed E-state index contributed by atoms with van der Waals surface area (Å²) in [6.45, 7) is 0. The Balaban J connectivity index is 1.65. The van der Waals surface area contributed by atoms with Crippen LogP contribution in [-0.2, 0) is 4.79 Å². The highest BCUT2D eigenvalue weighted by molar-refractivity contribution is 6.55. The molecule has 2 aliphatic heterocycles. The fraction of sp³-hybridized carbons (Fsp3) is 0.192. The molecule has 2 aliphatic rings. The maximum Gasteiger partial charge on any atom is 0.264 e. The average molecular weight is 631 g/mol. The second-order valence-electron chi connectivity index (χ2n) is 8.52. The van der Waals surface area contributed by atoms with Crippen LogP contribution < -0.4 is 19.1 Å². The smallest absolute Gasteiger partial charge is 0.264 e. The fourth-order valence-electron chi connectivity index (χ4n) is 4.81. The van der Waals surface area contributed by atoms with E-state index in [1.165, 1.54) is 26.2 Å². The van der Waals surface area contributed by atoms with Crippen molar-refractivity contribution in [3.63, 3.8) is 0 Å². The summed E-state index contributed by atoms with van der Waals surface area (Å²) in [6, 6.07) is 7.72. The highest BCUT2D eigenvalue weighted by Gasteiger charge is 2.58. The van der Waals surface area contributed by atoms with Crippen LogP contribution in [0, 0.1) is 0 Å². The Labute approximate surface area is 247 Å². The van der Waals surface area contributed by atoms with E-state index in [9.17, 15) is 14.4 Å². The second-order valence-corrected chi connectivity index (χ2v) is 10.4.